The van der Waals surface area contributed by atoms with Crippen LogP contribution in [0.25, 0.3) is 0 Å². The fourth-order valence-corrected chi connectivity index (χ4v) is 4.77. The Balaban J connectivity index is 1.72. The Morgan fingerprint density at radius 1 is 1.07 bits per heavy atom. The Morgan fingerprint density at radius 2 is 1.71 bits per heavy atom. The van der Waals surface area contributed by atoms with E-state index in [2.05, 4.69) is 18.6 Å². The lowest BCUT2D eigenvalue weighted by molar-refractivity contribution is 0.0623. The lowest BCUT2D eigenvalue weighted by atomic mass is 9.91. The highest BCUT2D eigenvalue weighted by Crippen LogP contribution is 2.24. The summed E-state index contributed by atoms with van der Waals surface area (Å²) in [5.41, 5.74) is 0.963. The van der Waals surface area contributed by atoms with Crippen LogP contribution in [0.15, 0.2) is 53.4 Å². The molecule has 28 heavy (non-hydrogen) atoms. The fourth-order valence-electron chi connectivity index (χ4n) is 3.67. The van der Waals surface area contributed by atoms with E-state index in [-0.39, 0.29) is 10.8 Å². The van der Waals surface area contributed by atoms with E-state index >= 15 is 0 Å². The normalized spacial score (nSPS) is 19.9. The zero-order valence-corrected chi connectivity index (χ0v) is 17.2. The van der Waals surface area contributed by atoms with Crippen LogP contribution in [0.3, 0.4) is 0 Å². The fraction of sp³-hybridized carbons (Fsp3) is 0.381. The molecule has 3 rings (SSSR count). The summed E-state index contributed by atoms with van der Waals surface area (Å²) in [4.78, 5) is 14.8. The first-order chi connectivity index (χ1) is 13.3. The Kier molecular flexibility index (Phi) is 5.93. The van der Waals surface area contributed by atoms with Crippen LogP contribution in [-0.2, 0) is 10.0 Å². The lowest BCUT2D eigenvalue weighted by Crippen LogP contribution is -2.42. The van der Waals surface area contributed by atoms with Crippen molar-refractivity contribution in [1.82, 2.24) is 4.90 Å². The van der Waals surface area contributed by atoms with Gasteiger partial charge in [0.05, 0.1) is 12.0 Å². The van der Waals surface area contributed by atoms with E-state index < -0.39 is 10.0 Å². The van der Waals surface area contributed by atoms with E-state index in [1.165, 1.54) is 19.2 Å². The molecule has 150 valence electrons. The van der Waals surface area contributed by atoms with Gasteiger partial charge in [-0.1, -0.05) is 19.9 Å². The highest BCUT2D eigenvalue weighted by atomic mass is 32.2. The van der Waals surface area contributed by atoms with E-state index in [4.69, 9.17) is 4.74 Å². The van der Waals surface area contributed by atoms with Crippen LogP contribution in [0.4, 0.5) is 5.69 Å². The molecule has 0 aromatic heterocycles. The topological polar surface area (TPSA) is 75.7 Å². The van der Waals surface area contributed by atoms with E-state index in [9.17, 15) is 13.2 Å². The standard InChI is InChI=1S/C21H26N2O4S/c1-15-11-16(2)14-23(13-15)21(24)17-7-9-18(10-8-17)22-28(25,26)20-6-4-5-19(12-20)27-3/h4-10,12,15-16,22H,11,13-14H2,1-3H3/t15-,16-/m1/s1. The summed E-state index contributed by atoms with van der Waals surface area (Å²) in [6.45, 7) is 5.83. The minimum absolute atomic E-state index is 0.0133. The molecule has 0 bridgehead atoms. The lowest BCUT2D eigenvalue weighted by Gasteiger charge is -2.35. The van der Waals surface area contributed by atoms with Gasteiger partial charge in [-0.15, -0.1) is 0 Å². The number of methoxy groups -OCH3 is 1. The number of anilines is 1. The van der Waals surface area contributed by atoms with Gasteiger partial charge in [0.2, 0.25) is 0 Å². The molecule has 1 N–H and O–H groups in total. The number of sulfonamides is 1. The summed E-state index contributed by atoms with van der Waals surface area (Å²) in [6, 6.07) is 12.8. The first kappa shape index (κ1) is 20.2. The largest absolute Gasteiger partial charge is 0.497 e. The number of carbonyl (C=O) groups is 1. The van der Waals surface area contributed by atoms with Crippen LogP contribution in [0.1, 0.15) is 30.6 Å². The summed E-state index contributed by atoms with van der Waals surface area (Å²) in [6.07, 6.45) is 1.13. The molecular formula is C21H26N2O4S. The third-order valence-electron chi connectivity index (χ3n) is 4.89. The monoisotopic (exact) mass is 402 g/mol. The van der Waals surface area contributed by atoms with Crippen molar-refractivity contribution in [3.05, 3.63) is 54.1 Å². The van der Waals surface area contributed by atoms with Crippen molar-refractivity contribution in [3.8, 4) is 5.75 Å². The van der Waals surface area contributed by atoms with Gasteiger partial charge in [0, 0.05) is 30.4 Å². The number of rotatable bonds is 5. The molecule has 2 aromatic rings. The van der Waals surface area contributed by atoms with E-state index in [1.807, 2.05) is 4.90 Å². The number of carbonyl (C=O) groups excluding carboxylic acids is 1. The van der Waals surface area contributed by atoms with Gasteiger partial charge in [-0.2, -0.15) is 0 Å². The quantitative estimate of drug-likeness (QED) is 0.829. The zero-order valence-electron chi connectivity index (χ0n) is 16.4. The van der Waals surface area contributed by atoms with Crippen LogP contribution in [0.5, 0.6) is 5.75 Å². The number of benzene rings is 2. The second-order valence-corrected chi connectivity index (χ2v) is 9.20. The molecule has 1 saturated heterocycles. The van der Waals surface area contributed by atoms with Crippen molar-refractivity contribution in [1.29, 1.82) is 0 Å². The van der Waals surface area contributed by atoms with Gasteiger partial charge in [-0.25, -0.2) is 8.42 Å². The second-order valence-electron chi connectivity index (χ2n) is 7.52. The highest BCUT2D eigenvalue weighted by Gasteiger charge is 2.26. The van der Waals surface area contributed by atoms with Crippen LogP contribution >= 0.6 is 0 Å². The number of amides is 1. The van der Waals surface area contributed by atoms with Gasteiger partial charge >= 0.3 is 0 Å². The molecule has 2 aromatic carbocycles. The van der Waals surface area contributed by atoms with Crippen molar-refractivity contribution in [2.24, 2.45) is 11.8 Å². The summed E-state index contributed by atoms with van der Waals surface area (Å²) in [5, 5.41) is 0. The number of ether oxygens (including phenoxy) is 1. The molecule has 0 aliphatic carbocycles. The SMILES string of the molecule is COc1cccc(S(=O)(=O)Nc2ccc(C(=O)N3C[C@H](C)C[C@@H](C)C3)cc2)c1. The maximum Gasteiger partial charge on any atom is 0.262 e. The summed E-state index contributed by atoms with van der Waals surface area (Å²) < 4.78 is 32.8. The van der Waals surface area contributed by atoms with Crippen LogP contribution in [0.2, 0.25) is 0 Å². The van der Waals surface area contributed by atoms with Gasteiger partial charge in [0.25, 0.3) is 15.9 Å². The smallest absolute Gasteiger partial charge is 0.262 e. The maximum absolute atomic E-state index is 12.8. The summed E-state index contributed by atoms with van der Waals surface area (Å²) >= 11 is 0. The number of hydrogen-bond donors (Lipinski definition) is 1. The number of likely N-dealkylation sites (tertiary alicyclic amines) is 1. The number of hydrogen-bond acceptors (Lipinski definition) is 4. The molecule has 1 amide bonds. The Labute approximate surface area is 166 Å². The second kappa shape index (κ2) is 8.22. The van der Waals surface area contributed by atoms with Crippen molar-refractivity contribution in [2.75, 3.05) is 24.9 Å². The summed E-state index contributed by atoms with van der Waals surface area (Å²) in [5.74, 6) is 1.43. The molecule has 6 nitrogen and oxygen atoms in total. The highest BCUT2D eigenvalue weighted by molar-refractivity contribution is 7.92. The van der Waals surface area contributed by atoms with Crippen molar-refractivity contribution in [2.45, 2.75) is 25.2 Å². The predicted molar refractivity (Wildman–Crippen MR) is 109 cm³/mol. The van der Waals surface area contributed by atoms with Crippen molar-refractivity contribution in [3.63, 3.8) is 0 Å². The number of piperidine rings is 1. The molecule has 0 unspecified atom stereocenters. The third kappa shape index (κ3) is 4.65. The molecule has 2 atom stereocenters. The van der Waals surface area contributed by atoms with Gasteiger partial charge in [-0.05, 0) is 54.7 Å². The molecule has 7 heteroatoms. The zero-order chi connectivity index (χ0) is 20.3. The minimum Gasteiger partial charge on any atom is -0.497 e. The number of nitrogens with zero attached hydrogens (tertiary/aromatic N) is 1. The molecule has 0 radical (unpaired) electrons. The molecule has 1 aliphatic heterocycles. The molecule has 1 aliphatic rings. The molecular weight excluding hydrogens is 376 g/mol. The maximum atomic E-state index is 12.8. The Hall–Kier alpha value is -2.54. The van der Waals surface area contributed by atoms with E-state index in [0.717, 1.165) is 19.5 Å². The van der Waals surface area contributed by atoms with Crippen LogP contribution in [-0.4, -0.2) is 39.4 Å². The van der Waals surface area contributed by atoms with Crippen LogP contribution in [0, 0.1) is 11.8 Å². The Morgan fingerprint density at radius 3 is 2.32 bits per heavy atom. The third-order valence-corrected chi connectivity index (χ3v) is 6.27. The minimum atomic E-state index is -3.74. The average Bonchev–Trinajstić information content (AvgIpc) is 2.67. The van der Waals surface area contributed by atoms with Gasteiger partial charge in [0.15, 0.2) is 0 Å². The molecule has 0 spiro atoms. The first-order valence-corrected chi connectivity index (χ1v) is 10.8. The molecule has 1 heterocycles. The van der Waals surface area contributed by atoms with Gasteiger partial charge in [0.1, 0.15) is 5.75 Å². The Bertz CT molecular complexity index is 931. The first-order valence-electron chi connectivity index (χ1n) is 9.34. The van der Waals surface area contributed by atoms with E-state index in [1.54, 1.807) is 36.4 Å². The van der Waals surface area contributed by atoms with E-state index in [0.29, 0.717) is 28.8 Å². The molecule has 0 saturated carbocycles. The molecule has 1 fully saturated rings. The summed E-state index contributed by atoms with van der Waals surface area (Å²) in [7, 11) is -2.25. The van der Waals surface area contributed by atoms with Gasteiger partial charge < -0.3 is 9.64 Å². The van der Waals surface area contributed by atoms with Crippen molar-refractivity contribution >= 4 is 21.6 Å². The van der Waals surface area contributed by atoms with Crippen molar-refractivity contribution < 1.29 is 17.9 Å². The average molecular weight is 403 g/mol. The number of nitrogens with one attached hydrogen (secondary N) is 1. The predicted octanol–water partition coefficient (Wildman–Crippen LogP) is 3.61. The van der Waals surface area contributed by atoms with Crippen LogP contribution < -0.4 is 9.46 Å². The van der Waals surface area contributed by atoms with Gasteiger partial charge in [-0.3, -0.25) is 9.52 Å².